The van der Waals surface area contributed by atoms with Crippen molar-refractivity contribution in [3.8, 4) is 11.3 Å². The lowest BCUT2D eigenvalue weighted by Gasteiger charge is -2.30. The van der Waals surface area contributed by atoms with Crippen LogP contribution in [0.2, 0.25) is 0 Å². The quantitative estimate of drug-likeness (QED) is 0.932. The summed E-state index contributed by atoms with van der Waals surface area (Å²) in [7, 11) is 6.38. The van der Waals surface area contributed by atoms with Gasteiger partial charge in [-0.1, -0.05) is 12.1 Å². The summed E-state index contributed by atoms with van der Waals surface area (Å²) >= 11 is 0. The molecule has 3 heterocycles. The van der Waals surface area contributed by atoms with Crippen LogP contribution in [0.15, 0.2) is 24.3 Å². The smallest absolute Gasteiger partial charge is 0.0971 e. The zero-order chi connectivity index (χ0) is 17.4. The molecule has 0 aliphatic carbocycles. The highest BCUT2D eigenvalue weighted by atomic mass is 15.3. The maximum Gasteiger partial charge on any atom is 0.0971 e. The SMILES string of the molecule is CN1CCC(n2nc(-c3ccc(N(C)C)cc3)c3c2CCNC3)CC1. The maximum absolute atomic E-state index is 5.13. The fourth-order valence-corrected chi connectivity index (χ4v) is 4.07. The second kappa shape index (κ2) is 6.81. The van der Waals surface area contributed by atoms with Crippen molar-refractivity contribution in [3.05, 3.63) is 35.5 Å². The molecule has 5 heteroatoms. The number of likely N-dealkylation sites (tertiary alicyclic amines) is 1. The van der Waals surface area contributed by atoms with E-state index in [4.69, 9.17) is 5.10 Å². The number of hydrogen-bond donors (Lipinski definition) is 1. The summed E-state index contributed by atoms with van der Waals surface area (Å²) < 4.78 is 2.37. The number of hydrogen-bond acceptors (Lipinski definition) is 4. The first kappa shape index (κ1) is 16.6. The molecule has 0 saturated carbocycles. The summed E-state index contributed by atoms with van der Waals surface area (Å²) in [5.74, 6) is 0. The molecule has 134 valence electrons. The van der Waals surface area contributed by atoms with Gasteiger partial charge in [0, 0.05) is 56.1 Å². The Morgan fingerprint density at radius 1 is 1.12 bits per heavy atom. The lowest BCUT2D eigenvalue weighted by atomic mass is 10.0. The second-order valence-corrected chi connectivity index (χ2v) is 7.62. The Morgan fingerprint density at radius 3 is 2.52 bits per heavy atom. The number of rotatable bonds is 3. The van der Waals surface area contributed by atoms with Crippen molar-refractivity contribution < 1.29 is 0 Å². The summed E-state index contributed by atoms with van der Waals surface area (Å²) in [6.45, 7) is 4.34. The zero-order valence-electron chi connectivity index (χ0n) is 15.6. The standard InChI is InChI=1S/C20H29N5/c1-23(2)16-6-4-15(5-7-16)20-18-14-21-11-8-19(18)25(22-20)17-9-12-24(3)13-10-17/h4-7,17,21H,8-14H2,1-3H3. The van der Waals surface area contributed by atoms with Gasteiger partial charge >= 0.3 is 0 Å². The average Bonchev–Trinajstić information content (AvgIpc) is 3.02. The summed E-state index contributed by atoms with van der Waals surface area (Å²) in [5, 5.41) is 8.66. The van der Waals surface area contributed by atoms with Crippen molar-refractivity contribution in [1.82, 2.24) is 20.0 Å². The highest BCUT2D eigenvalue weighted by Crippen LogP contribution is 2.33. The Kier molecular flexibility index (Phi) is 4.52. The third kappa shape index (κ3) is 3.18. The van der Waals surface area contributed by atoms with Crippen LogP contribution in [0.1, 0.15) is 30.1 Å². The number of nitrogens with one attached hydrogen (secondary N) is 1. The third-order valence-corrected chi connectivity index (χ3v) is 5.65. The minimum absolute atomic E-state index is 0.554. The molecule has 2 aliphatic rings. The molecule has 1 saturated heterocycles. The van der Waals surface area contributed by atoms with E-state index in [1.807, 2.05) is 0 Å². The molecule has 0 unspecified atom stereocenters. The number of anilines is 1. The first-order valence-electron chi connectivity index (χ1n) is 9.41. The van der Waals surface area contributed by atoms with Gasteiger partial charge in [0.1, 0.15) is 0 Å². The van der Waals surface area contributed by atoms with E-state index < -0.39 is 0 Å². The number of nitrogens with zero attached hydrogens (tertiary/aromatic N) is 4. The normalized spacial score (nSPS) is 19.0. The Morgan fingerprint density at radius 2 is 1.84 bits per heavy atom. The van der Waals surface area contributed by atoms with E-state index in [1.165, 1.54) is 54.1 Å². The van der Waals surface area contributed by atoms with E-state index in [2.05, 4.69) is 65.2 Å². The van der Waals surface area contributed by atoms with Crippen molar-refractivity contribution in [2.75, 3.05) is 45.7 Å². The molecule has 2 aromatic rings. The van der Waals surface area contributed by atoms with E-state index in [0.29, 0.717) is 6.04 Å². The molecule has 1 fully saturated rings. The van der Waals surface area contributed by atoms with E-state index >= 15 is 0 Å². The molecule has 1 N–H and O–H groups in total. The Bertz CT molecular complexity index is 723. The second-order valence-electron chi connectivity index (χ2n) is 7.62. The molecule has 5 nitrogen and oxygen atoms in total. The van der Waals surface area contributed by atoms with Crippen LogP contribution in [-0.2, 0) is 13.0 Å². The van der Waals surface area contributed by atoms with Gasteiger partial charge in [-0.15, -0.1) is 0 Å². The highest BCUT2D eigenvalue weighted by molar-refractivity contribution is 5.67. The van der Waals surface area contributed by atoms with Gasteiger partial charge in [-0.05, 0) is 45.1 Å². The predicted molar refractivity (Wildman–Crippen MR) is 103 cm³/mol. The minimum Gasteiger partial charge on any atom is -0.378 e. The fraction of sp³-hybridized carbons (Fsp3) is 0.550. The summed E-state index contributed by atoms with van der Waals surface area (Å²) in [6, 6.07) is 9.36. The molecule has 0 amide bonds. The number of fused-ring (bicyclic) bond motifs is 1. The molecule has 0 atom stereocenters. The van der Waals surface area contributed by atoms with Crippen LogP contribution in [0.4, 0.5) is 5.69 Å². The summed E-state index contributed by atoms with van der Waals surface area (Å²) in [5.41, 5.74) is 6.50. The van der Waals surface area contributed by atoms with Crippen molar-refractivity contribution in [2.45, 2.75) is 31.8 Å². The van der Waals surface area contributed by atoms with Crippen LogP contribution in [-0.4, -0.2) is 55.5 Å². The molecule has 4 rings (SSSR count). The monoisotopic (exact) mass is 339 g/mol. The zero-order valence-corrected chi connectivity index (χ0v) is 15.6. The van der Waals surface area contributed by atoms with Crippen molar-refractivity contribution in [2.24, 2.45) is 0 Å². The van der Waals surface area contributed by atoms with Gasteiger partial charge < -0.3 is 15.1 Å². The van der Waals surface area contributed by atoms with Crippen LogP contribution >= 0.6 is 0 Å². The fourth-order valence-electron chi connectivity index (χ4n) is 4.07. The van der Waals surface area contributed by atoms with Crippen LogP contribution in [0, 0.1) is 0 Å². The summed E-state index contributed by atoms with van der Waals surface area (Å²) in [4.78, 5) is 4.56. The van der Waals surface area contributed by atoms with Crippen LogP contribution in [0.5, 0.6) is 0 Å². The first-order chi connectivity index (χ1) is 12.1. The van der Waals surface area contributed by atoms with Gasteiger partial charge in [0.05, 0.1) is 11.7 Å². The van der Waals surface area contributed by atoms with Gasteiger partial charge in [0.25, 0.3) is 0 Å². The van der Waals surface area contributed by atoms with Crippen molar-refractivity contribution >= 4 is 5.69 Å². The molecule has 0 radical (unpaired) electrons. The van der Waals surface area contributed by atoms with Crippen LogP contribution in [0.3, 0.4) is 0 Å². The minimum atomic E-state index is 0.554. The number of piperidine rings is 1. The first-order valence-corrected chi connectivity index (χ1v) is 9.41. The highest BCUT2D eigenvalue weighted by Gasteiger charge is 2.27. The van der Waals surface area contributed by atoms with Gasteiger partial charge in [-0.25, -0.2) is 0 Å². The van der Waals surface area contributed by atoms with E-state index in [-0.39, 0.29) is 0 Å². The molecule has 0 bridgehead atoms. The maximum atomic E-state index is 5.13. The van der Waals surface area contributed by atoms with E-state index in [1.54, 1.807) is 0 Å². The lowest BCUT2D eigenvalue weighted by molar-refractivity contribution is 0.209. The molecular weight excluding hydrogens is 310 g/mol. The topological polar surface area (TPSA) is 36.3 Å². The molecule has 1 aromatic heterocycles. The van der Waals surface area contributed by atoms with Crippen molar-refractivity contribution in [3.63, 3.8) is 0 Å². The Labute approximate surface area is 150 Å². The van der Waals surface area contributed by atoms with Crippen LogP contribution in [0.25, 0.3) is 11.3 Å². The van der Waals surface area contributed by atoms with Gasteiger partial charge in [0.2, 0.25) is 0 Å². The van der Waals surface area contributed by atoms with E-state index in [0.717, 1.165) is 19.5 Å². The van der Waals surface area contributed by atoms with Gasteiger partial charge in [-0.3, -0.25) is 4.68 Å². The molecule has 2 aliphatic heterocycles. The van der Waals surface area contributed by atoms with Crippen molar-refractivity contribution in [1.29, 1.82) is 0 Å². The molecule has 0 spiro atoms. The third-order valence-electron chi connectivity index (χ3n) is 5.65. The number of benzene rings is 1. The Hall–Kier alpha value is -1.85. The Balaban J connectivity index is 1.70. The predicted octanol–water partition coefficient (Wildman–Crippen LogP) is 2.53. The van der Waals surface area contributed by atoms with Gasteiger partial charge in [0.15, 0.2) is 0 Å². The van der Waals surface area contributed by atoms with Gasteiger partial charge in [-0.2, -0.15) is 5.10 Å². The largest absolute Gasteiger partial charge is 0.378 e. The summed E-state index contributed by atoms with van der Waals surface area (Å²) in [6.07, 6.45) is 3.50. The molecule has 1 aromatic carbocycles. The lowest BCUT2D eigenvalue weighted by Crippen LogP contribution is -2.33. The number of aromatic nitrogens is 2. The average molecular weight is 339 g/mol. The van der Waals surface area contributed by atoms with Crippen LogP contribution < -0.4 is 10.2 Å². The molecular formula is C20H29N5. The molecule has 25 heavy (non-hydrogen) atoms. The van der Waals surface area contributed by atoms with E-state index in [9.17, 15) is 0 Å².